The van der Waals surface area contributed by atoms with Crippen LogP contribution < -0.4 is 10.1 Å². The predicted molar refractivity (Wildman–Crippen MR) is 82.0 cm³/mol. The first kappa shape index (κ1) is 17.0. The number of likely N-dealkylation sites (N-methyl/N-ethyl adjacent to an activating group) is 1. The second-order valence-electron chi connectivity index (χ2n) is 4.91. The number of carbonyl (C=O) groups excluding carboxylic acids is 2. The van der Waals surface area contributed by atoms with Gasteiger partial charge in [0.05, 0.1) is 7.11 Å². The van der Waals surface area contributed by atoms with Gasteiger partial charge in [-0.25, -0.2) is 0 Å². The molecule has 0 unspecified atom stereocenters. The summed E-state index contributed by atoms with van der Waals surface area (Å²) in [5, 5.41) is 2.59. The van der Waals surface area contributed by atoms with E-state index in [1.54, 1.807) is 26.0 Å². The SMILES string of the molecule is CCCC(=O)N(Cc1ccc(OC)cc1)[C@H](C)C(=O)NC. The van der Waals surface area contributed by atoms with Gasteiger partial charge in [0, 0.05) is 20.0 Å². The summed E-state index contributed by atoms with van der Waals surface area (Å²) >= 11 is 0. The highest BCUT2D eigenvalue weighted by molar-refractivity contribution is 5.87. The van der Waals surface area contributed by atoms with Crippen molar-refractivity contribution >= 4 is 11.8 Å². The van der Waals surface area contributed by atoms with Gasteiger partial charge in [-0.15, -0.1) is 0 Å². The first-order valence-electron chi connectivity index (χ1n) is 7.17. The minimum absolute atomic E-state index is 0.00980. The largest absolute Gasteiger partial charge is 0.497 e. The van der Waals surface area contributed by atoms with Crippen LogP contribution in [0.15, 0.2) is 24.3 Å². The minimum atomic E-state index is -0.490. The van der Waals surface area contributed by atoms with Gasteiger partial charge >= 0.3 is 0 Å². The van der Waals surface area contributed by atoms with E-state index in [9.17, 15) is 9.59 Å². The Kier molecular flexibility index (Phi) is 6.72. The summed E-state index contributed by atoms with van der Waals surface area (Å²) in [6.45, 7) is 4.11. The van der Waals surface area contributed by atoms with E-state index in [-0.39, 0.29) is 11.8 Å². The topological polar surface area (TPSA) is 58.6 Å². The fraction of sp³-hybridized carbons (Fsp3) is 0.500. The summed E-state index contributed by atoms with van der Waals surface area (Å²) in [7, 11) is 3.19. The molecule has 0 aliphatic carbocycles. The van der Waals surface area contributed by atoms with Gasteiger partial charge in [-0.1, -0.05) is 19.1 Å². The zero-order valence-corrected chi connectivity index (χ0v) is 13.2. The van der Waals surface area contributed by atoms with E-state index in [0.717, 1.165) is 17.7 Å². The molecule has 1 rings (SSSR count). The van der Waals surface area contributed by atoms with Crippen molar-refractivity contribution in [1.29, 1.82) is 0 Å². The van der Waals surface area contributed by atoms with E-state index in [4.69, 9.17) is 4.74 Å². The van der Waals surface area contributed by atoms with E-state index in [1.807, 2.05) is 31.2 Å². The lowest BCUT2D eigenvalue weighted by Crippen LogP contribution is -2.46. The van der Waals surface area contributed by atoms with Crippen LogP contribution in [0.1, 0.15) is 32.3 Å². The molecule has 0 heterocycles. The smallest absolute Gasteiger partial charge is 0.242 e. The first-order valence-corrected chi connectivity index (χ1v) is 7.17. The third kappa shape index (κ3) is 4.77. The van der Waals surface area contributed by atoms with Crippen LogP contribution in [-0.4, -0.2) is 36.9 Å². The highest BCUT2D eigenvalue weighted by atomic mass is 16.5. The quantitative estimate of drug-likeness (QED) is 0.835. The number of amides is 2. The van der Waals surface area contributed by atoms with Gasteiger partial charge in [0.15, 0.2) is 0 Å². The fourth-order valence-corrected chi connectivity index (χ4v) is 2.08. The van der Waals surface area contributed by atoms with Crippen molar-refractivity contribution in [2.45, 2.75) is 39.3 Å². The van der Waals surface area contributed by atoms with Gasteiger partial charge in [-0.05, 0) is 31.0 Å². The molecule has 1 aromatic rings. The number of nitrogens with zero attached hydrogens (tertiary/aromatic N) is 1. The van der Waals surface area contributed by atoms with Crippen molar-refractivity contribution in [3.8, 4) is 5.75 Å². The molecule has 0 aliphatic heterocycles. The van der Waals surface area contributed by atoms with E-state index in [0.29, 0.717) is 13.0 Å². The maximum atomic E-state index is 12.3. The number of hydrogen-bond donors (Lipinski definition) is 1. The molecule has 0 saturated heterocycles. The molecule has 1 N–H and O–H groups in total. The maximum absolute atomic E-state index is 12.3. The Bertz CT molecular complexity index is 471. The first-order chi connectivity index (χ1) is 10.0. The molecule has 0 fully saturated rings. The molecule has 0 saturated carbocycles. The van der Waals surface area contributed by atoms with Crippen LogP contribution in [0.2, 0.25) is 0 Å². The van der Waals surface area contributed by atoms with Crippen molar-refractivity contribution in [2.24, 2.45) is 0 Å². The van der Waals surface area contributed by atoms with Crippen molar-refractivity contribution in [1.82, 2.24) is 10.2 Å². The maximum Gasteiger partial charge on any atom is 0.242 e. The molecular formula is C16H24N2O3. The van der Waals surface area contributed by atoms with Crippen molar-refractivity contribution in [3.05, 3.63) is 29.8 Å². The molecule has 5 heteroatoms. The zero-order valence-electron chi connectivity index (χ0n) is 13.2. The van der Waals surface area contributed by atoms with E-state index >= 15 is 0 Å². The van der Waals surface area contributed by atoms with Crippen molar-refractivity contribution in [2.75, 3.05) is 14.2 Å². The highest BCUT2D eigenvalue weighted by Crippen LogP contribution is 2.15. The van der Waals surface area contributed by atoms with Gasteiger partial charge in [0.1, 0.15) is 11.8 Å². The van der Waals surface area contributed by atoms with Crippen molar-refractivity contribution in [3.63, 3.8) is 0 Å². The Hall–Kier alpha value is -2.04. The molecule has 2 amide bonds. The second kappa shape index (κ2) is 8.29. The summed E-state index contributed by atoms with van der Waals surface area (Å²) in [5.41, 5.74) is 0.969. The standard InChI is InChI=1S/C16H24N2O3/c1-5-6-15(19)18(12(2)16(20)17-3)11-13-7-9-14(21-4)10-8-13/h7-10,12H,5-6,11H2,1-4H3,(H,17,20)/t12-/m1/s1. The minimum Gasteiger partial charge on any atom is -0.497 e. The normalized spacial score (nSPS) is 11.6. The van der Waals surface area contributed by atoms with E-state index in [2.05, 4.69) is 5.32 Å². The van der Waals surface area contributed by atoms with Gasteiger partial charge in [0.25, 0.3) is 0 Å². The summed E-state index contributed by atoms with van der Waals surface area (Å²) in [5.74, 6) is 0.599. The average Bonchev–Trinajstić information content (AvgIpc) is 2.51. The van der Waals surface area contributed by atoms with E-state index < -0.39 is 6.04 Å². The molecule has 5 nitrogen and oxygen atoms in total. The molecule has 21 heavy (non-hydrogen) atoms. The Morgan fingerprint density at radius 2 is 1.90 bits per heavy atom. The second-order valence-corrected chi connectivity index (χ2v) is 4.91. The van der Waals surface area contributed by atoms with Crippen LogP contribution in [-0.2, 0) is 16.1 Å². The Morgan fingerprint density at radius 3 is 2.38 bits per heavy atom. The van der Waals surface area contributed by atoms with Gasteiger partial charge < -0.3 is 15.0 Å². The Labute approximate surface area is 126 Å². The number of carbonyl (C=O) groups is 2. The third-order valence-electron chi connectivity index (χ3n) is 3.39. The Morgan fingerprint density at radius 1 is 1.29 bits per heavy atom. The molecule has 0 spiro atoms. The van der Waals surface area contributed by atoms with Crippen LogP contribution in [0.5, 0.6) is 5.75 Å². The summed E-state index contributed by atoms with van der Waals surface area (Å²) in [6, 6.07) is 7.02. The van der Waals surface area contributed by atoms with Gasteiger partial charge in [0.2, 0.25) is 11.8 Å². The summed E-state index contributed by atoms with van der Waals surface area (Å²) in [6.07, 6.45) is 1.20. The number of benzene rings is 1. The lowest BCUT2D eigenvalue weighted by atomic mass is 10.1. The van der Waals surface area contributed by atoms with Crippen LogP contribution in [0.25, 0.3) is 0 Å². The highest BCUT2D eigenvalue weighted by Gasteiger charge is 2.24. The number of ether oxygens (including phenoxy) is 1. The lowest BCUT2D eigenvalue weighted by molar-refractivity contribution is -0.140. The monoisotopic (exact) mass is 292 g/mol. The van der Waals surface area contributed by atoms with Crippen LogP contribution in [0, 0.1) is 0 Å². The lowest BCUT2D eigenvalue weighted by Gasteiger charge is -2.28. The number of rotatable bonds is 7. The molecule has 0 aliphatic rings. The molecule has 0 bridgehead atoms. The van der Waals surface area contributed by atoms with Crippen LogP contribution >= 0.6 is 0 Å². The number of hydrogen-bond acceptors (Lipinski definition) is 3. The fourth-order valence-electron chi connectivity index (χ4n) is 2.08. The summed E-state index contributed by atoms with van der Waals surface area (Å²) in [4.78, 5) is 25.7. The zero-order chi connectivity index (χ0) is 15.8. The van der Waals surface area contributed by atoms with Crippen LogP contribution in [0.3, 0.4) is 0 Å². The molecule has 1 atom stereocenters. The molecule has 1 aromatic carbocycles. The van der Waals surface area contributed by atoms with E-state index in [1.165, 1.54) is 0 Å². The van der Waals surface area contributed by atoms with Gasteiger partial charge in [-0.2, -0.15) is 0 Å². The molecule has 0 aromatic heterocycles. The molecule has 0 radical (unpaired) electrons. The number of nitrogens with one attached hydrogen (secondary N) is 1. The average molecular weight is 292 g/mol. The Balaban J connectivity index is 2.89. The predicted octanol–water partition coefficient (Wildman–Crippen LogP) is 1.96. The van der Waals surface area contributed by atoms with Crippen molar-refractivity contribution < 1.29 is 14.3 Å². The summed E-state index contributed by atoms with van der Waals surface area (Å²) < 4.78 is 5.12. The third-order valence-corrected chi connectivity index (χ3v) is 3.39. The van der Waals surface area contributed by atoms with Gasteiger partial charge in [-0.3, -0.25) is 9.59 Å². The number of methoxy groups -OCH3 is 1. The molecular weight excluding hydrogens is 268 g/mol. The molecule has 116 valence electrons. The van der Waals surface area contributed by atoms with Crippen LogP contribution in [0.4, 0.5) is 0 Å².